The predicted molar refractivity (Wildman–Crippen MR) is 93.1 cm³/mol. The number of nitrogens with zero attached hydrogens (tertiary/aromatic N) is 3. The molecule has 5 nitrogen and oxygen atoms in total. The van der Waals surface area contributed by atoms with Crippen LogP contribution in [-0.4, -0.2) is 46.3 Å². The second-order valence-electron chi connectivity index (χ2n) is 7.05. The number of pyridine rings is 1. The molecule has 0 aromatic carbocycles. The average molecular weight is 345 g/mol. The van der Waals surface area contributed by atoms with Gasteiger partial charge in [0.2, 0.25) is 0 Å². The molecule has 2 saturated heterocycles. The highest BCUT2D eigenvalue weighted by Crippen LogP contribution is 2.39. The first-order valence-corrected chi connectivity index (χ1v) is 9.45. The molecule has 0 amide bonds. The van der Waals surface area contributed by atoms with Gasteiger partial charge in [-0.1, -0.05) is 0 Å². The Kier molecular flexibility index (Phi) is 4.52. The number of fused-ring (bicyclic) bond motifs is 1. The summed E-state index contributed by atoms with van der Waals surface area (Å²) in [5.74, 6) is 1.39. The van der Waals surface area contributed by atoms with Crippen molar-refractivity contribution in [3.8, 4) is 5.75 Å². The summed E-state index contributed by atoms with van der Waals surface area (Å²) in [6, 6.07) is 3.83. The molecule has 2 aromatic rings. The Morgan fingerprint density at radius 1 is 1.50 bits per heavy atom. The lowest BCUT2D eigenvalue weighted by Gasteiger charge is -2.33. The van der Waals surface area contributed by atoms with Crippen LogP contribution in [0, 0.1) is 5.92 Å². The Hall–Kier alpha value is -1.50. The van der Waals surface area contributed by atoms with Crippen molar-refractivity contribution in [2.45, 2.75) is 38.0 Å². The van der Waals surface area contributed by atoms with E-state index in [1.165, 1.54) is 5.69 Å². The van der Waals surface area contributed by atoms with E-state index in [2.05, 4.69) is 27.2 Å². The lowest BCUT2D eigenvalue weighted by Crippen LogP contribution is -2.40. The van der Waals surface area contributed by atoms with Crippen molar-refractivity contribution in [3.63, 3.8) is 0 Å². The van der Waals surface area contributed by atoms with Crippen LogP contribution in [0.2, 0.25) is 0 Å². The minimum Gasteiger partial charge on any atom is -0.489 e. The zero-order valence-corrected chi connectivity index (χ0v) is 14.7. The summed E-state index contributed by atoms with van der Waals surface area (Å²) in [6.07, 6.45) is 6.01. The molecule has 0 aliphatic carbocycles. The largest absolute Gasteiger partial charge is 0.489 e. The van der Waals surface area contributed by atoms with Crippen LogP contribution in [0.15, 0.2) is 35.4 Å². The molecule has 4 rings (SSSR count). The number of likely N-dealkylation sites (tertiary alicyclic amines) is 1. The van der Waals surface area contributed by atoms with Crippen LogP contribution in [-0.2, 0) is 11.3 Å². The van der Waals surface area contributed by atoms with E-state index in [-0.39, 0.29) is 5.60 Å². The highest BCUT2D eigenvalue weighted by atomic mass is 32.1. The molecular formula is C18H23N3O2S. The summed E-state index contributed by atoms with van der Waals surface area (Å²) in [4.78, 5) is 11.0. The van der Waals surface area contributed by atoms with Gasteiger partial charge < -0.3 is 9.47 Å². The van der Waals surface area contributed by atoms with Gasteiger partial charge in [0.1, 0.15) is 18.0 Å². The van der Waals surface area contributed by atoms with Crippen molar-refractivity contribution in [1.82, 2.24) is 14.9 Å². The Balaban J connectivity index is 1.33. The molecule has 0 radical (unpaired) electrons. The van der Waals surface area contributed by atoms with Crippen molar-refractivity contribution < 1.29 is 9.47 Å². The molecule has 0 unspecified atom stereocenters. The molecule has 0 saturated carbocycles. The standard InChI is InChI=1S/C18H23N3O2S/c1-18(12-22-16-3-2-5-19-8-16)7-14-9-21(6-4-17(14)23-18)10-15-11-24-13-20-15/h2-3,5,8,11,13-14,17H,4,6-7,9-10,12H2,1H3/t14-,17+,18-/m1/s1. The summed E-state index contributed by atoms with van der Waals surface area (Å²) in [6.45, 7) is 5.88. The van der Waals surface area contributed by atoms with Crippen LogP contribution in [0.5, 0.6) is 5.75 Å². The zero-order chi connectivity index (χ0) is 16.4. The van der Waals surface area contributed by atoms with Crippen LogP contribution >= 0.6 is 11.3 Å². The number of piperidine rings is 1. The van der Waals surface area contributed by atoms with Crippen LogP contribution in [0.1, 0.15) is 25.5 Å². The zero-order valence-electron chi connectivity index (χ0n) is 13.9. The van der Waals surface area contributed by atoms with E-state index in [4.69, 9.17) is 9.47 Å². The second kappa shape index (κ2) is 6.78. The summed E-state index contributed by atoms with van der Waals surface area (Å²) in [5.41, 5.74) is 2.88. The molecule has 2 aliphatic rings. The van der Waals surface area contributed by atoms with Gasteiger partial charge in [-0.3, -0.25) is 9.88 Å². The summed E-state index contributed by atoms with van der Waals surface area (Å²) in [7, 11) is 0. The van der Waals surface area contributed by atoms with Gasteiger partial charge in [-0.2, -0.15) is 0 Å². The maximum atomic E-state index is 6.37. The smallest absolute Gasteiger partial charge is 0.137 e. The van der Waals surface area contributed by atoms with Crippen molar-refractivity contribution in [2.24, 2.45) is 5.92 Å². The first-order chi connectivity index (χ1) is 11.7. The van der Waals surface area contributed by atoms with Crippen LogP contribution in [0.25, 0.3) is 0 Å². The van der Waals surface area contributed by atoms with Gasteiger partial charge in [-0.25, -0.2) is 4.98 Å². The fourth-order valence-electron chi connectivity index (χ4n) is 3.86. The molecule has 2 fully saturated rings. The van der Waals surface area contributed by atoms with Gasteiger partial charge in [-0.15, -0.1) is 11.3 Å². The third-order valence-electron chi connectivity index (χ3n) is 4.93. The van der Waals surface area contributed by atoms with Crippen LogP contribution < -0.4 is 4.74 Å². The monoisotopic (exact) mass is 345 g/mol. The number of rotatable bonds is 5. The Labute approximate surface area is 146 Å². The summed E-state index contributed by atoms with van der Waals surface area (Å²) >= 11 is 1.67. The molecule has 0 spiro atoms. The number of aromatic nitrogens is 2. The molecule has 4 heterocycles. The predicted octanol–water partition coefficient (Wildman–Crippen LogP) is 2.99. The lowest BCUT2D eigenvalue weighted by molar-refractivity contribution is -0.0698. The molecule has 2 aromatic heterocycles. The Morgan fingerprint density at radius 3 is 3.25 bits per heavy atom. The average Bonchev–Trinajstić information content (AvgIpc) is 3.21. The SMILES string of the molecule is C[C@]1(COc2cccnc2)C[C@@H]2CN(Cc3cscn3)CC[C@@H]2O1. The minimum atomic E-state index is -0.207. The molecule has 128 valence electrons. The Bertz CT molecular complexity index is 652. The Morgan fingerprint density at radius 2 is 2.46 bits per heavy atom. The van der Waals surface area contributed by atoms with E-state index in [1.54, 1.807) is 23.7 Å². The quantitative estimate of drug-likeness (QED) is 0.834. The number of thiazole rings is 1. The number of hydrogen-bond acceptors (Lipinski definition) is 6. The first kappa shape index (κ1) is 16.0. The summed E-state index contributed by atoms with van der Waals surface area (Å²) in [5, 5.41) is 2.14. The van der Waals surface area contributed by atoms with E-state index in [1.807, 2.05) is 17.6 Å². The molecule has 0 N–H and O–H groups in total. The molecule has 3 atom stereocenters. The van der Waals surface area contributed by atoms with Crippen LogP contribution in [0.4, 0.5) is 0 Å². The molecule has 0 bridgehead atoms. The second-order valence-corrected chi connectivity index (χ2v) is 7.77. The minimum absolute atomic E-state index is 0.207. The highest BCUT2D eigenvalue weighted by molar-refractivity contribution is 7.07. The van der Waals surface area contributed by atoms with E-state index in [0.717, 1.165) is 38.2 Å². The van der Waals surface area contributed by atoms with Gasteiger partial charge >= 0.3 is 0 Å². The molecule has 2 aliphatic heterocycles. The van der Waals surface area contributed by atoms with E-state index < -0.39 is 0 Å². The maximum Gasteiger partial charge on any atom is 0.137 e. The normalized spacial score (nSPS) is 30.2. The highest BCUT2D eigenvalue weighted by Gasteiger charge is 2.46. The van der Waals surface area contributed by atoms with Crippen molar-refractivity contribution in [1.29, 1.82) is 0 Å². The lowest BCUT2D eigenvalue weighted by atomic mass is 9.89. The van der Waals surface area contributed by atoms with Crippen molar-refractivity contribution in [3.05, 3.63) is 41.1 Å². The third kappa shape index (κ3) is 3.61. The van der Waals surface area contributed by atoms with E-state index in [0.29, 0.717) is 18.6 Å². The van der Waals surface area contributed by atoms with Crippen LogP contribution in [0.3, 0.4) is 0 Å². The van der Waals surface area contributed by atoms with Gasteiger partial charge in [0, 0.05) is 37.1 Å². The van der Waals surface area contributed by atoms with Gasteiger partial charge in [0.15, 0.2) is 0 Å². The number of ether oxygens (including phenoxy) is 2. The van der Waals surface area contributed by atoms with E-state index in [9.17, 15) is 0 Å². The van der Waals surface area contributed by atoms with Crippen molar-refractivity contribution in [2.75, 3.05) is 19.7 Å². The fraction of sp³-hybridized carbons (Fsp3) is 0.556. The molecule has 6 heteroatoms. The van der Waals surface area contributed by atoms with E-state index >= 15 is 0 Å². The van der Waals surface area contributed by atoms with Gasteiger partial charge in [0.05, 0.1) is 23.5 Å². The fourth-order valence-corrected chi connectivity index (χ4v) is 4.40. The maximum absolute atomic E-state index is 6.37. The summed E-state index contributed by atoms with van der Waals surface area (Å²) < 4.78 is 12.3. The first-order valence-electron chi connectivity index (χ1n) is 8.50. The van der Waals surface area contributed by atoms with Crippen molar-refractivity contribution >= 4 is 11.3 Å². The third-order valence-corrected chi connectivity index (χ3v) is 5.56. The topological polar surface area (TPSA) is 47.5 Å². The van der Waals surface area contributed by atoms with Gasteiger partial charge in [0.25, 0.3) is 0 Å². The van der Waals surface area contributed by atoms with Gasteiger partial charge in [-0.05, 0) is 31.9 Å². The molecule has 24 heavy (non-hydrogen) atoms. The number of hydrogen-bond donors (Lipinski definition) is 0. The molecular weight excluding hydrogens is 322 g/mol.